The molecule has 7 nitrogen and oxygen atoms in total. The van der Waals surface area contributed by atoms with Gasteiger partial charge in [0.25, 0.3) is 0 Å². The molecule has 2 heterocycles. The number of aromatic amines is 1. The molecule has 3 N–H and O–H groups in total. The Morgan fingerprint density at radius 1 is 1.10 bits per heavy atom. The number of ether oxygens (including phenoxy) is 1. The smallest absolute Gasteiger partial charge is 0.416 e. The van der Waals surface area contributed by atoms with Crippen molar-refractivity contribution in [3.05, 3.63) is 70.9 Å². The number of hydrogen-bond donors (Lipinski definition) is 3. The minimum atomic E-state index is -4.37. The van der Waals surface area contributed by atoms with E-state index >= 15 is 0 Å². The highest BCUT2D eigenvalue weighted by Crippen LogP contribution is 2.29. The number of nitrogens with one attached hydrogen (secondary N) is 1. The topological polar surface area (TPSA) is 100.0 Å². The molecular formula is C20H18F3N3O4. The Hall–Kier alpha value is -3.69. The molecule has 0 unspecified atom stereocenters. The molecule has 0 aliphatic carbocycles. The number of halogens is 3. The summed E-state index contributed by atoms with van der Waals surface area (Å²) < 4.78 is 43.1. The molecule has 0 bridgehead atoms. The average molecular weight is 421 g/mol. The molecule has 158 valence electrons. The van der Waals surface area contributed by atoms with Crippen molar-refractivity contribution >= 4 is 5.71 Å². The number of H-pyrrole nitrogens is 1. The number of benzene rings is 1. The van der Waals surface area contributed by atoms with Gasteiger partial charge in [-0.3, -0.25) is 4.98 Å². The number of aromatic nitrogens is 2. The van der Waals surface area contributed by atoms with Crippen molar-refractivity contribution < 1.29 is 33.0 Å². The summed E-state index contributed by atoms with van der Waals surface area (Å²) in [5.74, 6) is -0.0489. The van der Waals surface area contributed by atoms with E-state index in [0.29, 0.717) is 28.3 Å². The number of pyridine rings is 1. The molecule has 2 aromatic heterocycles. The molecule has 10 heteroatoms. The number of alkyl halides is 3. The van der Waals surface area contributed by atoms with Crippen molar-refractivity contribution in [1.29, 1.82) is 0 Å². The predicted molar refractivity (Wildman–Crippen MR) is 101 cm³/mol. The van der Waals surface area contributed by atoms with E-state index in [-0.39, 0.29) is 25.0 Å². The number of nitrogens with zero attached hydrogens (tertiary/aromatic N) is 2. The summed E-state index contributed by atoms with van der Waals surface area (Å²) >= 11 is 0. The average Bonchev–Trinajstić information content (AvgIpc) is 3.03. The molecule has 3 aromatic rings. The minimum Gasteiger partial charge on any atom is -0.494 e. The van der Waals surface area contributed by atoms with Gasteiger partial charge in [0.2, 0.25) is 5.88 Å². The van der Waals surface area contributed by atoms with Crippen molar-refractivity contribution in [1.82, 2.24) is 9.97 Å². The van der Waals surface area contributed by atoms with Gasteiger partial charge in [-0.25, -0.2) is 4.98 Å². The molecule has 0 spiro atoms. The van der Waals surface area contributed by atoms with Gasteiger partial charge in [0, 0.05) is 23.9 Å². The zero-order valence-electron chi connectivity index (χ0n) is 15.8. The third-order valence-corrected chi connectivity index (χ3v) is 4.11. The fourth-order valence-corrected chi connectivity index (χ4v) is 2.46. The van der Waals surface area contributed by atoms with Gasteiger partial charge in [-0.15, -0.1) is 0 Å². The van der Waals surface area contributed by atoms with Crippen LogP contribution >= 0.6 is 0 Å². The van der Waals surface area contributed by atoms with Crippen LogP contribution < -0.4 is 4.74 Å². The molecule has 30 heavy (non-hydrogen) atoms. The molecule has 0 saturated heterocycles. The first-order chi connectivity index (χ1) is 14.2. The Balaban J connectivity index is 1.52. The van der Waals surface area contributed by atoms with Crippen LogP contribution in [0.3, 0.4) is 0 Å². The summed E-state index contributed by atoms with van der Waals surface area (Å²) in [5.41, 5.74) is 1.40. The molecule has 0 amide bonds. The van der Waals surface area contributed by atoms with Crippen molar-refractivity contribution in [3.8, 4) is 17.6 Å². The second-order valence-corrected chi connectivity index (χ2v) is 6.35. The fourth-order valence-electron chi connectivity index (χ4n) is 2.46. The first kappa shape index (κ1) is 21.0. The van der Waals surface area contributed by atoms with E-state index in [1.165, 1.54) is 24.4 Å². The quantitative estimate of drug-likeness (QED) is 0.389. The number of aromatic hydroxyl groups is 2. The van der Waals surface area contributed by atoms with Crippen molar-refractivity contribution in [2.75, 3.05) is 0 Å². The van der Waals surface area contributed by atoms with Crippen LogP contribution in [0, 0.1) is 0 Å². The van der Waals surface area contributed by atoms with Crippen LogP contribution in [0.5, 0.6) is 17.6 Å². The zero-order valence-corrected chi connectivity index (χ0v) is 15.8. The fraction of sp³-hybridized carbons (Fsp3) is 0.200. The van der Waals surface area contributed by atoms with Crippen LogP contribution in [-0.4, -0.2) is 25.9 Å². The summed E-state index contributed by atoms with van der Waals surface area (Å²) in [6.07, 6.45) is -2.86. The molecule has 0 aliphatic rings. The van der Waals surface area contributed by atoms with E-state index in [9.17, 15) is 23.4 Å². The first-order valence-electron chi connectivity index (χ1n) is 8.74. The summed E-state index contributed by atoms with van der Waals surface area (Å²) in [6, 6.07) is 9.31. The van der Waals surface area contributed by atoms with Gasteiger partial charge in [-0.1, -0.05) is 17.3 Å². The Bertz CT molecular complexity index is 1010. The van der Waals surface area contributed by atoms with Crippen LogP contribution in [-0.2, 0) is 24.2 Å². The molecule has 0 aliphatic heterocycles. The summed E-state index contributed by atoms with van der Waals surface area (Å²) in [7, 11) is 0. The highest BCUT2D eigenvalue weighted by molar-refractivity contribution is 5.98. The lowest BCUT2D eigenvalue weighted by Crippen LogP contribution is -2.04. The third kappa shape index (κ3) is 5.43. The number of hydrogen-bond acceptors (Lipinski definition) is 6. The summed E-state index contributed by atoms with van der Waals surface area (Å²) in [4.78, 5) is 11.7. The molecular weight excluding hydrogens is 403 g/mol. The lowest BCUT2D eigenvalue weighted by atomic mass is 10.1. The Morgan fingerprint density at radius 2 is 1.83 bits per heavy atom. The van der Waals surface area contributed by atoms with Gasteiger partial charge in [0.15, 0.2) is 11.8 Å². The molecule has 1 aromatic carbocycles. The SMILES string of the molecule is CC(=NOCc1ccc(C(F)(F)F)cc1)c1ccc(OCc2cc(O)[nH]c2O)nc1. The first-order valence-corrected chi connectivity index (χ1v) is 8.74. The Kier molecular flexibility index (Phi) is 6.14. The maximum atomic E-state index is 12.6. The predicted octanol–water partition coefficient (Wildman–Crippen LogP) is 4.36. The van der Waals surface area contributed by atoms with E-state index in [0.717, 1.165) is 12.1 Å². The van der Waals surface area contributed by atoms with Crippen molar-refractivity contribution in [2.24, 2.45) is 5.16 Å². The largest absolute Gasteiger partial charge is 0.494 e. The normalized spacial score (nSPS) is 12.1. The maximum Gasteiger partial charge on any atom is 0.416 e. The number of rotatable bonds is 7. The van der Waals surface area contributed by atoms with E-state index in [1.807, 2.05) is 0 Å². The third-order valence-electron chi connectivity index (χ3n) is 4.11. The lowest BCUT2D eigenvalue weighted by Gasteiger charge is -2.07. The monoisotopic (exact) mass is 421 g/mol. The van der Waals surface area contributed by atoms with Gasteiger partial charge in [0.1, 0.15) is 13.2 Å². The zero-order chi connectivity index (χ0) is 21.7. The maximum absolute atomic E-state index is 12.6. The summed E-state index contributed by atoms with van der Waals surface area (Å²) in [5, 5.41) is 22.8. The highest BCUT2D eigenvalue weighted by Gasteiger charge is 2.29. The van der Waals surface area contributed by atoms with E-state index in [4.69, 9.17) is 9.57 Å². The molecule has 0 atom stereocenters. The summed E-state index contributed by atoms with van der Waals surface area (Å²) in [6.45, 7) is 1.74. The van der Waals surface area contributed by atoms with Gasteiger partial charge in [-0.2, -0.15) is 13.2 Å². The van der Waals surface area contributed by atoms with Crippen LogP contribution in [0.15, 0.2) is 53.8 Å². The Labute approximate surface area is 169 Å². The molecule has 0 radical (unpaired) electrons. The van der Waals surface area contributed by atoms with E-state index in [2.05, 4.69) is 15.1 Å². The van der Waals surface area contributed by atoms with Crippen LogP contribution in [0.2, 0.25) is 0 Å². The van der Waals surface area contributed by atoms with Gasteiger partial charge in [0.05, 0.1) is 16.8 Å². The Morgan fingerprint density at radius 3 is 2.40 bits per heavy atom. The van der Waals surface area contributed by atoms with Gasteiger partial charge < -0.3 is 19.8 Å². The van der Waals surface area contributed by atoms with Crippen LogP contribution in [0.4, 0.5) is 13.2 Å². The standard InChI is InChI=1S/C20H18F3N3O4/c1-12(26-30-10-13-2-5-16(6-3-13)20(21,22)23)14-4-7-18(24-9-14)29-11-15-8-17(27)25-19(15)28/h2-9,25,27-28H,10-11H2,1H3. The van der Waals surface area contributed by atoms with Gasteiger partial charge >= 0.3 is 6.18 Å². The molecule has 0 fully saturated rings. The van der Waals surface area contributed by atoms with Gasteiger partial charge in [-0.05, 0) is 30.7 Å². The minimum absolute atomic E-state index is 0.0125. The van der Waals surface area contributed by atoms with E-state index in [1.54, 1.807) is 19.1 Å². The second kappa shape index (κ2) is 8.76. The van der Waals surface area contributed by atoms with Crippen molar-refractivity contribution in [2.45, 2.75) is 26.3 Å². The second-order valence-electron chi connectivity index (χ2n) is 6.35. The number of oxime groups is 1. The van der Waals surface area contributed by atoms with Crippen molar-refractivity contribution in [3.63, 3.8) is 0 Å². The molecule has 0 saturated carbocycles. The lowest BCUT2D eigenvalue weighted by molar-refractivity contribution is -0.137. The van der Waals surface area contributed by atoms with Crippen LogP contribution in [0.25, 0.3) is 0 Å². The van der Waals surface area contributed by atoms with E-state index < -0.39 is 11.7 Å². The molecule has 3 rings (SSSR count). The highest BCUT2D eigenvalue weighted by atomic mass is 19.4. The van der Waals surface area contributed by atoms with Crippen LogP contribution in [0.1, 0.15) is 29.2 Å².